The van der Waals surface area contributed by atoms with Gasteiger partial charge in [0.05, 0.1) is 16.3 Å². The summed E-state index contributed by atoms with van der Waals surface area (Å²) in [5.74, 6) is -1.46. The minimum Gasteiger partial charge on any atom is -0.326 e. The van der Waals surface area contributed by atoms with Gasteiger partial charge in [-0.25, -0.2) is 13.8 Å². The van der Waals surface area contributed by atoms with Crippen LogP contribution in [0.25, 0.3) is 0 Å². The highest BCUT2D eigenvalue weighted by molar-refractivity contribution is 6.31. The van der Waals surface area contributed by atoms with Crippen molar-refractivity contribution in [3.8, 4) is 0 Å². The van der Waals surface area contributed by atoms with E-state index in [1.807, 2.05) is 13.8 Å². The molecule has 1 aromatic carbocycles. The number of amides is 1. The molecule has 3 heterocycles. The Balaban J connectivity index is 0.000000251. The van der Waals surface area contributed by atoms with Crippen molar-refractivity contribution in [3.63, 3.8) is 0 Å². The Bertz CT molecular complexity index is 1180. The minimum atomic E-state index is -4.44. The molecule has 0 bridgehead atoms. The minimum absolute atomic E-state index is 0.0543. The van der Waals surface area contributed by atoms with Gasteiger partial charge < -0.3 is 9.80 Å². The quantitative estimate of drug-likeness (QED) is 0.156. The first-order chi connectivity index (χ1) is 16.5. The fourth-order valence-corrected chi connectivity index (χ4v) is 3.45. The van der Waals surface area contributed by atoms with E-state index in [0.29, 0.717) is 19.0 Å². The molecule has 2 aromatic heterocycles. The van der Waals surface area contributed by atoms with Gasteiger partial charge in [-0.05, 0) is 36.2 Å². The third-order valence-corrected chi connectivity index (χ3v) is 5.17. The summed E-state index contributed by atoms with van der Waals surface area (Å²) in [6.45, 7) is 4.56. The lowest BCUT2D eigenvalue weighted by molar-refractivity contribution is -0.137. The number of hydrogen-bond acceptors (Lipinski definition) is 4. The number of pyridine rings is 2. The number of nitrogens with zero attached hydrogens (tertiary/aromatic N) is 4. The number of fused-ring (bicyclic) bond motifs is 1. The number of halogens is 7. The molecule has 1 aliphatic rings. The summed E-state index contributed by atoms with van der Waals surface area (Å²) in [4.78, 5) is 21.0. The zero-order valence-corrected chi connectivity index (χ0v) is 20.4. The Labute approximate surface area is 209 Å². The lowest BCUT2D eigenvalue weighted by Gasteiger charge is -2.19. The predicted molar refractivity (Wildman–Crippen MR) is 126 cm³/mol. The standard InChI is InChI=1S/C13H9ClF3N3.C8H6ClF2NO.C2H6/c14-11-5-9(13(15,16)17)6-12(19-11)20-4-2-8-7-18-3-1-10(8)20;1-12(4-13)8-2-5(9)6(10)3-7(8)11;1-2/h1,3,5-7H,2,4H2;2-4H,1H3;1-2H3. The summed E-state index contributed by atoms with van der Waals surface area (Å²) in [6, 6.07) is 5.30. The van der Waals surface area contributed by atoms with Crippen molar-refractivity contribution in [2.24, 2.45) is 0 Å². The second-order valence-corrected chi connectivity index (χ2v) is 7.67. The number of benzene rings is 1. The lowest BCUT2D eigenvalue weighted by Crippen LogP contribution is -2.16. The van der Waals surface area contributed by atoms with E-state index in [1.165, 1.54) is 7.05 Å². The van der Waals surface area contributed by atoms with Gasteiger partial charge in [0.1, 0.15) is 22.6 Å². The highest BCUT2D eigenvalue weighted by Crippen LogP contribution is 2.37. The number of alkyl halides is 3. The highest BCUT2D eigenvalue weighted by Gasteiger charge is 2.33. The number of rotatable bonds is 3. The summed E-state index contributed by atoms with van der Waals surface area (Å²) in [7, 11) is 1.35. The molecule has 0 saturated carbocycles. The molecular formula is C23H21Cl2F5N4O. The van der Waals surface area contributed by atoms with E-state index >= 15 is 0 Å². The summed E-state index contributed by atoms with van der Waals surface area (Å²) >= 11 is 11.1. The van der Waals surface area contributed by atoms with Crippen molar-refractivity contribution in [2.75, 3.05) is 23.4 Å². The molecule has 5 nitrogen and oxygen atoms in total. The average molecular weight is 535 g/mol. The van der Waals surface area contributed by atoms with Crippen LogP contribution < -0.4 is 9.80 Å². The van der Waals surface area contributed by atoms with Crippen molar-refractivity contribution in [2.45, 2.75) is 26.4 Å². The van der Waals surface area contributed by atoms with Crippen LogP contribution in [-0.4, -0.2) is 30.0 Å². The van der Waals surface area contributed by atoms with Crippen LogP contribution in [0.5, 0.6) is 0 Å². The van der Waals surface area contributed by atoms with Gasteiger partial charge in [0.25, 0.3) is 0 Å². The van der Waals surface area contributed by atoms with Gasteiger partial charge in [-0.15, -0.1) is 0 Å². The Morgan fingerprint density at radius 1 is 1.09 bits per heavy atom. The van der Waals surface area contributed by atoms with Crippen molar-refractivity contribution in [1.82, 2.24) is 9.97 Å². The first-order valence-corrected chi connectivity index (χ1v) is 11.0. The maximum absolute atomic E-state index is 13.0. The summed E-state index contributed by atoms with van der Waals surface area (Å²) < 4.78 is 64.1. The number of hydrogen-bond donors (Lipinski definition) is 0. The Morgan fingerprint density at radius 2 is 1.77 bits per heavy atom. The van der Waals surface area contributed by atoms with E-state index in [1.54, 1.807) is 23.4 Å². The van der Waals surface area contributed by atoms with Gasteiger partial charge in [-0.1, -0.05) is 37.0 Å². The van der Waals surface area contributed by atoms with Gasteiger partial charge in [-0.3, -0.25) is 9.78 Å². The summed E-state index contributed by atoms with van der Waals surface area (Å²) in [5.41, 5.74) is 0.960. The number of carbonyl (C=O) groups excluding carboxylic acids is 1. The van der Waals surface area contributed by atoms with Crippen molar-refractivity contribution in [1.29, 1.82) is 0 Å². The zero-order chi connectivity index (χ0) is 26.3. The maximum atomic E-state index is 13.0. The van der Waals surface area contributed by atoms with E-state index in [0.717, 1.165) is 40.8 Å². The van der Waals surface area contributed by atoms with Crippen LogP contribution >= 0.6 is 23.2 Å². The normalized spacial score (nSPS) is 12.1. The topological polar surface area (TPSA) is 49.3 Å². The van der Waals surface area contributed by atoms with Crippen LogP contribution in [0.4, 0.5) is 39.1 Å². The van der Waals surface area contributed by atoms with Crippen LogP contribution in [0, 0.1) is 11.6 Å². The molecule has 1 amide bonds. The van der Waals surface area contributed by atoms with Gasteiger partial charge in [0, 0.05) is 37.7 Å². The second kappa shape index (κ2) is 12.1. The predicted octanol–water partition coefficient (Wildman–Crippen LogP) is 7.08. The van der Waals surface area contributed by atoms with Gasteiger partial charge >= 0.3 is 6.18 Å². The fraction of sp³-hybridized carbons (Fsp3) is 0.261. The van der Waals surface area contributed by atoms with Crippen molar-refractivity contribution < 1.29 is 26.7 Å². The van der Waals surface area contributed by atoms with Crippen molar-refractivity contribution in [3.05, 3.63) is 75.7 Å². The molecule has 0 N–H and O–H groups in total. The molecule has 0 fully saturated rings. The molecule has 1 aliphatic heterocycles. The maximum Gasteiger partial charge on any atom is 0.416 e. The lowest BCUT2D eigenvalue weighted by atomic mass is 10.2. The van der Waals surface area contributed by atoms with Gasteiger partial charge in [-0.2, -0.15) is 13.2 Å². The van der Waals surface area contributed by atoms with Crippen LogP contribution in [0.1, 0.15) is 25.0 Å². The molecule has 0 unspecified atom stereocenters. The fourth-order valence-electron chi connectivity index (χ4n) is 3.09. The summed E-state index contributed by atoms with van der Waals surface area (Å²) in [5, 5.41) is -0.387. The third kappa shape index (κ3) is 7.02. The highest BCUT2D eigenvalue weighted by atomic mass is 35.5. The number of aromatic nitrogens is 2. The van der Waals surface area contributed by atoms with E-state index < -0.39 is 23.4 Å². The first kappa shape index (κ1) is 28.3. The third-order valence-electron chi connectivity index (χ3n) is 4.69. The SMILES string of the molecule is CC.CN(C=O)c1cc(Cl)c(F)cc1F.FC(F)(F)c1cc(Cl)nc(N2CCc3cnccc32)c1. The molecule has 12 heteroatoms. The van der Waals surface area contributed by atoms with Crippen LogP contribution in [-0.2, 0) is 17.4 Å². The second-order valence-electron chi connectivity index (χ2n) is 6.87. The van der Waals surface area contributed by atoms with Gasteiger partial charge in [0.2, 0.25) is 6.41 Å². The first-order valence-electron chi connectivity index (χ1n) is 10.3. The molecule has 0 radical (unpaired) electrons. The zero-order valence-electron chi connectivity index (χ0n) is 18.9. The molecule has 0 aliphatic carbocycles. The smallest absolute Gasteiger partial charge is 0.326 e. The number of anilines is 3. The van der Waals surface area contributed by atoms with E-state index in [2.05, 4.69) is 9.97 Å². The van der Waals surface area contributed by atoms with Crippen LogP contribution in [0.2, 0.25) is 10.2 Å². The largest absolute Gasteiger partial charge is 0.416 e. The molecule has 35 heavy (non-hydrogen) atoms. The van der Waals surface area contributed by atoms with Crippen LogP contribution in [0.3, 0.4) is 0 Å². The Kier molecular flexibility index (Phi) is 9.79. The van der Waals surface area contributed by atoms with E-state index in [-0.39, 0.29) is 21.7 Å². The monoisotopic (exact) mass is 534 g/mol. The molecule has 0 spiro atoms. The van der Waals surface area contributed by atoms with E-state index in [9.17, 15) is 26.7 Å². The molecular weight excluding hydrogens is 514 g/mol. The van der Waals surface area contributed by atoms with E-state index in [4.69, 9.17) is 23.2 Å². The Morgan fingerprint density at radius 3 is 2.40 bits per heavy atom. The molecule has 0 saturated heterocycles. The average Bonchev–Trinajstić information content (AvgIpc) is 3.26. The Hall–Kier alpha value is -2.98. The van der Waals surface area contributed by atoms with Crippen LogP contribution in [0.15, 0.2) is 42.7 Å². The molecule has 188 valence electrons. The molecule has 3 aromatic rings. The van der Waals surface area contributed by atoms with Crippen molar-refractivity contribution >= 4 is 46.8 Å². The molecule has 4 rings (SSSR count). The van der Waals surface area contributed by atoms with Gasteiger partial charge in [0.15, 0.2) is 0 Å². The number of carbonyl (C=O) groups is 1. The summed E-state index contributed by atoms with van der Waals surface area (Å²) in [6.07, 6.45) is 0.00438. The molecule has 0 atom stereocenters.